The van der Waals surface area contributed by atoms with Crippen molar-refractivity contribution in [1.82, 2.24) is 20.4 Å². The third-order valence-corrected chi connectivity index (χ3v) is 6.06. The summed E-state index contributed by atoms with van der Waals surface area (Å²) in [5, 5.41) is 7.34. The number of urea groups is 1. The Morgan fingerprint density at radius 2 is 1.85 bits per heavy atom. The van der Waals surface area contributed by atoms with Crippen LogP contribution < -0.4 is 10.1 Å². The molecule has 0 fully saturated rings. The molecule has 0 saturated heterocycles. The summed E-state index contributed by atoms with van der Waals surface area (Å²) in [5.74, 6) is 1.62. The van der Waals surface area contributed by atoms with Crippen LogP contribution in [0.5, 0.6) is 5.75 Å². The first-order valence-electron chi connectivity index (χ1n) is 11.3. The fourth-order valence-corrected chi connectivity index (χ4v) is 4.02. The molecule has 1 unspecified atom stereocenters. The SMILES string of the molecule is CCOc1ccc(-c2noc(C3=C(C)N(CCOC)C(=O)NC3c3ccc(C)c(C)c3)n2)cc1. The van der Waals surface area contributed by atoms with E-state index < -0.39 is 6.04 Å². The van der Waals surface area contributed by atoms with Gasteiger partial charge in [-0.05, 0) is 68.7 Å². The van der Waals surface area contributed by atoms with E-state index in [1.165, 1.54) is 5.56 Å². The van der Waals surface area contributed by atoms with E-state index in [2.05, 4.69) is 36.5 Å². The van der Waals surface area contributed by atoms with Gasteiger partial charge in [0.05, 0.1) is 31.4 Å². The molecular formula is C26H30N4O4. The van der Waals surface area contributed by atoms with E-state index in [0.717, 1.165) is 33.7 Å². The minimum atomic E-state index is -0.417. The summed E-state index contributed by atoms with van der Waals surface area (Å²) < 4.78 is 16.5. The van der Waals surface area contributed by atoms with E-state index in [-0.39, 0.29) is 6.03 Å². The molecule has 2 aromatic carbocycles. The Kier molecular flexibility index (Phi) is 6.98. The van der Waals surface area contributed by atoms with E-state index in [4.69, 9.17) is 19.0 Å². The van der Waals surface area contributed by atoms with Crippen LogP contribution in [-0.2, 0) is 4.74 Å². The van der Waals surface area contributed by atoms with E-state index in [0.29, 0.717) is 31.5 Å². The van der Waals surface area contributed by atoms with Gasteiger partial charge >= 0.3 is 6.03 Å². The number of hydrogen-bond donors (Lipinski definition) is 1. The van der Waals surface area contributed by atoms with Crippen LogP contribution in [0.4, 0.5) is 4.79 Å². The third-order valence-electron chi connectivity index (χ3n) is 6.06. The van der Waals surface area contributed by atoms with E-state index in [9.17, 15) is 4.79 Å². The lowest BCUT2D eigenvalue weighted by atomic mass is 9.92. The largest absolute Gasteiger partial charge is 0.494 e. The normalized spacial score (nSPS) is 16.1. The molecule has 0 saturated carbocycles. The Hall–Kier alpha value is -3.65. The predicted molar refractivity (Wildman–Crippen MR) is 129 cm³/mol. The van der Waals surface area contributed by atoms with Crippen molar-refractivity contribution in [3.8, 4) is 17.1 Å². The third kappa shape index (κ3) is 4.68. The average Bonchev–Trinajstić information content (AvgIpc) is 3.31. The van der Waals surface area contributed by atoms with Gasteiger partial charge in [-0.25, -0.2) is 4.79 Å². The minimum Gasteiger partial charge on any atom is -0.494 e. The first kappa shape index (κ1) is 23.5. The molecule has 0 spiro atoms. The van der Waals surface area contributed by atoms with Crippen molar-refractivity contribution < 1.29 is 18.8 Å². The summed E-state index contributed by atoms with van der Waals surface area (Å²) in [6.07, 6.45) is 0. The summed E-state index contributed by atoms with van der Waals surface area (Å²) in [5.41, 5.74) is 5.62. The van der Waals surface area contributed by atoms with Gasteiger partial charge in [-0.2, -0.15) is 4.98 Å². The standard InChI is InChI=1S/C26H30N4O4/c1-6-33-21-11-9-19(10-12-21)24-28-25(34-29-24)22-18(4)30(13-14-32-5)26(31)27-23(22)20-8-7-16(2)17(3)15-20/h7-12,15,23H,6,13-14H2,1-5H3,(H,27,31). The zero-order valence-electron chi connectivity index (χ0n) is 20.2. The molecule has 2 heterocycles. The Bertz CT molecular complexity index is 1200. The lowest BCUT2D eigenvalue weighted by Crippen LogP contribution is -2.47. The second-order valence-corrected chi connectivity index (χ2v) is 8.25. The summed E-state index contributed by atoms with van der Waals surface area (Å²) >= 11 is 0. The molecule has 1 atom stereocenters. The highest BCUT2D eigenvalue weighted by atomic mass is 16.5. The maximum Gasteiger partial charge on any atom is 0.322 e. The molecule has 0 aliphatic carbocycles. The number of allylic oxidation sites excluding steroid dienone is 1. The number of rotatable bonds is 8. The number of aromatic nitrogens is 2. The van der Waals surface area contributed by atoms with Crippen LogP contribution in [0, 0.1) is 13.8 Å². The summed E-state index contributed by atoms with van der Waals surface area (Å²) in [7, 11) is 1.61. The molecule has 178 valence electrons. The number of ether oxygens (including phenoxy) is 2. The van der Waals surface area contributed by atoms with Crippen molar-refractivity contribution in [3.63, 3.8) is 0 Å². The number of benzene rings is 2. The number of amides is 2. The minimum absolute atomic E-state index is 0.187. The van der Waals surface area contributed by atoms with Gasteiger partial charge in [0.15, 0.2) is 0 Å². The molecular weight excluding hydrogens is 432 g/mol. The summed E-state index contributed by atoms with van der Waals surface area (Å²) in [4.78, 5) is 19.3. The highest BCUT2D eigenvalue weighted by Crippen LogP contribution is 2.37. The van der Waals surface area contributed by atoms with Gasteiger partial charge < -0.3 is 19.3 Å². The number of carbonyl (C=O) groups excluding carboxylic acids is 1. The second kappa shape index (κ2) is 10.1. The first-order valence-corrected chi connectivity index (χ1v) is 11.3. The molecule has 2 amide bonds. The predicted octanol–water partition coefficient (Wildman–Crippen LogP) is 4.90. The maximum atomic E-state index is 13.0. The molecule has 3 aromatic rings. The van der Waals surface area contributed by atoms with E-state index in [1.54, 1.807) is 12.0 Å². The van der Waals surface area contributed by atoms with Crippen molar-refractivity contribution in [2.75, 3.05) is 26.9 Å². The van der Waals surface area contributed by atoms with E-state index in [1.807, 2.05) is 44.2 Å². The van der Waals surface area contributed by atoms with Gasteiger partial charge in [-0.15, -0.1) is 0 Å². The molecule has 1 aliphatic heterocycles. The number of nitrogens with one attached hydrogen (secondary N) is 1. The Balaban J connectivity index is 1.76. The Morgan fingerprint density at radius 3 is 2.53 bits per heavy atom. The van der Waals surface area contributed by atoms with Gasteiger partial charge in [0, 0.05) is 18.4 Å². The van der Waals surface area contributed by atoms with Crippen molar-refractivity contribution in [1.29, 1.82) is 0 Å². The highest BCUT2D eigenvalue weighted by molar-refractivity contribution is 5.87. The van der Waals surface area contributed by atoms with Crippen molar-refractivity contribution in [2.24, 2.45) is 0 Å². The van der Waals surface area contributed by atoms with Crippen LogP contribution in [0.2, 0.25) is 0 Å². The molecule has 34 heavy (non-hydrogen) atoms. The number of hydrogen-bond acceptors (Lipinski definition) is 6. The molecule has 8 heteroatoms. The van der Waals surface area contributed by atoms with Gasteiger partial charge in [-0.3, -0.25) is 4.90 Å². The number of nitrogens with zero attached hydrogens (tertiary/aromatic N) is 3. The van der Waals surface area contributed by atoms with Crippen LogP contribution in [0.25, 0.3) is 17.0 Å². The molecule has 1 aromatic heterocycles. The fraction of sp³-hybridized carbons (Fsp3) is 0.346. The zero-order valence-corrected chi connectivity index (χ0v) is 20.2. The Morgan fingerprint density at radius 1 is 1.09 bits per heavy atom. The van der Waals surface area contributed by atoms with Crippen molar-refractivity contribution in [3.05, 3.63) is 70.7 Å². The molecule has 1 N–H and O–H groups in total. The number of carbonyl (C=O) groups is 1. The van der Waals surface area contributed by atoms with Gasteiger partial charge in [0.25, 0.3) is 5.89 Å². The summed E-state index contributed by atoms with van der Waals surface area (Å²) in [6, 6.07) is 13.1. The Labute approximate surface area is 199 Å². The zero-order chi connectivity index (χ0) is 24.2. The van der Waals surface area contributed by atoms with Crippen LogP contribution in [0.3, 0.4) is 0 Å². The smallest absolute Gasteiger partial charge is 0.322 e. The highest BCUT2D eigenvalue weighted by Gasteiger charge is 2.35. The van der Waals surface area contributed by atoms with Gasteiger partial charge in [-0.1, -0.05) is 23.4 Å². The average molecular weight is 463 g/mol. The number of aryl methyl sites for hydroxylation is 2. The molecule has 4 rings (SSSR count). The molecule has 1 aliphatic rings. The monoisotopic (exact) mass is 462 g/mol. The molecule has 0 radical (unpaired) electrons. The fourth-order valence-electron chi connectivity index (χ4n) is 4.02. The quantitative estimate of drug-likeness (QED) is 0.512. The summed E-state index contributed by atoms with van der Waals surface area (Å²) in [6.45, 7) is 9.39. The van der Waals surface area contributed by atoms with Crippen molar-refractivity contribution >= 4 is 11.6 Å². The number of methoxy groups -OCH3 is 1. The maximum absolute atomic E-state index is 13.0. The van der Waals surface area contributed by atoms with Gasteiger partial charge in [0.2, 0.25) is 5.82 Å². The lowest BCUT2D eigenvalue weighted by molar-refractivity contribution is 0.158. The first-order chi connectivity index (χ1) is 16.4. The van der Waals surface area contributed by atoms with Crippen LogP contribution in [0.15, 0.2) is 52.7 Å². The second-order valence-electron chi connectivity index (χ2n) is 8.25. The lowest BCUT2D eigenvalue weighted by Gasteiger charge is -2.35. The van der Waals surface area contributed by atoms with E-state index >= 15 is 0 Å². The van der Waals surface area contributed by atoms with Crippen LogP contribution in [-0.4, -0.2) is 47.9 Å². The van der Waals surface area contributed by atoms with Crippen LogP contribution in [0.1, 0.15) is 42.5 Å². The molecule has 0 bridgehead atoms. The molecule has 8 nitrogen and oxygen atoms in total. The van der Waals surface area contributed by atoms with Gasteiger partial charge in [0.1, 0.15) is 5.75 Å². The topological polar surface area (TPSA) is 89.7 Å². The van der Waals surface area contributed by atoms with Crippen molar-refractivity contribution in [2.45, 2.75) is 33.7 Å². The van der Waals surface area contributed by atoms with Crippen LogP contribution >= 0.6 is 0 Å².